The van der Waals surface area contributed by atoms with Gasteiger partial charge in [0.15, 0.2) is 6.10 Å². The molecule has 1 aliphatic rings. The molecule has 0 aromatic heterocycles. The Kier molecular flexibility index (Phi) is 4.80. The summed E-state index contributed by atoms with van der Waals surface area (Å²) in [6, 6.07) is 4.79. The molecule has 0 saturated carbocycles. The number of rotatable bonds is 4. The highest BCUT2D eigenvalue weighted by Crippen LogP contribution is 2.23. The van der Waals surface area contributed by atoms with E-state index in [0.29, 0.717) is 37.6 Å². The van der Waals surface area contributed by atoms with Crippen molar-refractivity contribution in [2.45, 2.75) is 20.0 Å². The molecule has 1 unspecified atom stereocenters. The van der Waals surface area contributed by atoms with Gasteiger partial charge in [-0.15, -0.1) is 0 Å². The van der Waals surface area contributed by atoms with Crippen LogP contribution in [0.1, 0.15) is 22.8 Å². The second-order valence-electron chi connectivity index (χ2n) is 4.93. The highest BCUT2D eigenvalue weighted by Gasteiger charge is 2.24. The quantitative estimate of drug-likeness (QED) is 0.906. The van der Waals surface area contributed by atoms with Gasteiger partial charge in [-0.3, -0.25) is 4.79 Å². The Labute approximate surface area is 123 Å². The molecule has 1 aliphatic heterocycles. The van der Waals surface area contributed by atoms with Gasteiger partial charge in [-0.2, -0.15) is 0 Å². The maximum atomic E-state index is 12.3. The van der Waals surface area contributed by atoms with Crippen LogP contribution in [0.15, 0.2) is 18.2 Å². The third-order valence-corrected chi connectivity index (χ3v) is 3.49. The zero-order valence-electron chi connectivity index (χ0n) is 12.2. The van der Waals surface area contributed by atoms with Gasteiger partial charge in [0.05, 0.1) is 18.8 Å². The predicted octanol–water partition coefficient (Wildman–Crippen LogP) is 1.32. The molecule has 1 fully saturated rings. The number of benzene rings is 1. The number of hydrogen-bond donors (Lipinski definition) is 1. The Hall–Kier alpha value is -2.08. The molecule has 6 nitrogen and oxygen atoms in total. The van der Waals surface area contributed by atoms with E-state index >= 15 is 0 Å². The van der Waals surface area contributed by atoms with Gasteiger partial charge in [-0.1, -0.05) is 6.07 Å². The summed E-state index contributed by atoms with van der Waals surface area (Å²) in [5, 5.41) is 9.09. The van der Waals surface area contributed by atoms with E-state index in [-0.39, 0.29) is 11.5 Å². The largest absolute Gasteiger partial charge is 0.481 e. The summed E-state index contributed by atoms with van der Waals surface area (Å²) >= 11 is 0. The number of morpholine rings is 1. The first kappa shape index (κ1) is 15.3. The van der Waals surface area contributed by atoms with E-state index < -0.39 is 12.1 Å². The normalized spacial score (nSPS) is 16.4. The van der Waals surface area contributed by atoms with Crippen molar-refractivity contribution in [2.75, 3.05) is 26.3 Å². The highest BCUT2D eigenvalue weighted by molar-refractivity contribution is 5.90. The molecule has 2 rings (SSSR count). The Morgan fingerprint density at radius 1 is 1.33 bits per heavy atom. The van der Waals surface area contributed by atoms with Crippen molar-refractivity contribution in [1.82, 2.24) is 4.90 Å². The van der Waals surface area contributed by atoms with Crippen molar-refractivity contribution < 1.29 is 24.2 Å². The molecule has 6 heteroatoms. The minimum absolute atomic E-state index is 0.113. The zero-order chi connectivity index (χ0) is 15.4. The zero-order valence-corrected chi connectivity index (χ0v) is 12.2. The third kappa shape index (κ3) is 3.52. The first-order chi connectivity index (χ1) is 10.0. The van der Waals surface area contributed by atoms with Crippen LogP contribution in [0.4, 0.5) is 0 Å². The molecule has 1 heterocycles. The van der Waals surface area contributed by atoms with Gasteiger partial charge in [0.2, 0.25) is 0 Å². The van der Waals surface area contributed by atoms with Crippen LogP contribution >= 0.6 is 0 Å². The summed E-state index contributed by atoms with van der Waals surface area (Å²) in [6.07, 6.45) is -0.661. The van der Waals surface area contributed by atoms with Crippen LogP contribution in [-0.2, 0) is 9.53 Å². The fourth-order valence-corrected chi connectivity index (χ4v) is 2.26. The molecule has 21 heavy (non-hydrogen) atoms. The molecule has 1 amide bonds. The number of carboxylic acid groups (broad SMARTS) is 1. The minimum atomic E-state index is -1.01. The molecule has 0 aliphatic carbocycles. The van der Waals surface area contributed by atoms with Crippen molar-refractivity contribution in [3.63, 3.8) is 0 Å². The number of carboxylic acids is 1. The molecule has 1 aromatic rings. The summed E-state index contributed by atoms with van der Waals surface area (Å²) in [4.78, 5) is 25.1. The maximum absolute atomic E-state index is 12.3. The highest BCUT2D eigenvalue weighted by atomic mass is 16.5. The molecule has 0 spiro atoms. The Bertz CT molecular complexity index is 537. The van der Waals surface area contributed by atoms with E-state index in [2.05, 4.69) is 0 Å². The lowest BCUT2D eigenvalue weighted by atomic mass is 10.1. The molecule has 114 valence electrons. The van der Waals surface area contributed by atoms with Gasteiger partial charge in [-0.05, 0) is 26.0 Å². The molecular weight excluding hydrogens is 274 g/mol. The number of carbonyl (C=O) groups excluding carboxylic acids is 1. The van der Waals surface area contributed by atoms with Crippen LogP contribution in [0.3, 0.4) is 0 Å². The van der Waals surface area contributed by atoms with Gasteiger partial charge < -0.3 is 19.5 Å². The summed E-state index contributed by atoms with van der Waals surface area (Å²) < 4.78 is 10.9. The van der Waals surface area contributed by atoms with Gasteiger partial charge in [0.25, 0.3) is 5.91 Å². The first-order valence-corrected chi connectivity index (χ1v) is 6.87. The Balaban J connectivity index is 2.08. The molecular formula is C15H19NO5. The fourth-order valence-electron chi connectivity index (χ4n) is 2.26. The van der Waals surface area contributed by atoms with Gasteiger partial charge in [-0.25, -0.2) is 4.79 Å². The van der Waals surface area contributed by atoms with Crippen LogP contribution in [-0.4, -0.2) is 54.3 Å². The van der Waals surface area contributed by atoms with E-state index in [9.17, 15) is 9.59 Å². The second-order valence-corrected chi connectivity index (χ2v) is 4.93. The van der Waals surface area contributed by atoms with Crippen molar-refractivity contribution in [2.24, 2.45) is 0 Å². The predicted molar refractivity (Wildman–Crippen MR) is 75.6 cm³/mol. The number of aromatic carboxylic acids is 1. The fraction of sp³-hybridized carbons (Fsp3) is 0.467. The maximum Gasteiger partial charge on any atom is 0.336 e. The number of hydrogen-bond acceptors (Lipinski definition) is 4. The molecule has 1 saturated heterocycles. The van der Waals surface area contributed by atoms with E-state index in [0.717, 1.165) is 0 Å². The SMILES string of the molecule is Cc1c(OC(C)C(=O)N2CCOCC2)cccc1C(=O)O. The van der Waals surface area contributed by atoms with Gasteiger partial charge in [0, 0.05) is 18.7 Å². The topological polar surface area (TPSA) is 76.1 Å². The Morgan fingerprint density at radius 3 is 2.62 bits per heavy atom. The smallest absolute Gasteiger partial charge is 0.336 e. The summed E-state index contributed by atoms with van der Waals surface area (Å²) in [5.41, 5.74) is 0.699. The van der Waals surface area contributed by atoms with Crippen molar-refractivity contribution in [3.05, 3.63) is 29.3 Å². The van der Waals surface area contributed by atoms with Gasteiger partial charge in [0.1, 0.15) is 5.75 Å². The number of carbonyl (C=O) groups is 2. The van der Waals surface area contributed by atoms with Gasteiger partial charge >= 0.3 is 5.97 Å². The lowest BCUT2D eigenvalue weighted by molar-refractivity contribution is -0.142. The van der Waals surface area contributed by atoms with Crippen LogP contribution < -0.4 is 4.74 Å². The molecule has 1 aromatic carbocycles. The van der Waals surface area contributed by atoms with E-state index in [1.54, 1.807) is 30.9 Å². The molecule has 0 bridgehead atoms. The second kappa shape index (κ2) is 6.58. The van der Waals surface area contributed by atoms with Crippen LogP contribution in [0.2, 0.25) is 0 Å². The minimum Gasteiger partial charge on any atom is -0.481 e. The van der Waals surface area contributed by atoms with Crippen LogP contribution in [0.5, 0.6) is 5.75 Å². The van der Waals surface area contributed by atoms with Crippen LogP contribution in [0, 0.1) is 6.92 Å². The lowest BCUT2D eigenvalue weighted by Gasteiger charge is -2.29. The standard InChI is InChI=1S/C15H19NO5/c1-10-12(15(18)19)4-3-5-13(10)21-11(2)14(17)16-6-8-20-9-7-16/h3-5,11H,6-9H2,1-2H3,(H,18,19). The van der Waals surface area contributed by atoms with Crippen molar-refractivity contribution >= 4 is 11.9 Å². The van der Waals surface area contributed by atoms with Crippen LogP contribution in [0.25, 0.3) is 0 Å². The first-order valence-electron chi connectivity index (χ1n) is 6.87. The molecule has 1 atom stereocenters. The average Bonchev–Trinajstić information content (AvgIpc) is 2.49. The molecule has 1 N–H and O–H groups in total. The van der Waals surface area contributed by atoms with E-state index in [4.69, 9.17) is 14.6 Å². The van der Waals surface area contributed by atoms with Crippen molar-refractivity contribution in [3.8, 4) is 5.75 Å². The number of ether oxygens (including phenoxy) is 2. The third-order valence-electron chi connectivity index (χ3n) is 3.49. The number of amides is 1. The summed E-state index contributed by atoms with van der Waals surface area (Å²) in [5.74, 6) is -0.701. The monoisotopic (exact) mass is 293 g/mol. The summed E-state index contributed by atoms with van der Waals surface area (Å²) in [7, 11) is 0. The average molecular weight is 293 g/mol. The number of nitrogens with zero attached hydrogens (tertiary/aromatic N) is 1. The van der Waals surface area contributed by atoms with E-state index in [1.807, 2.05) is 0 Å². The summed E-state index contributed by atoms with van der Waals surface area (Å²) in [6.45, 7) is 5.52. The van der Waals surface area contributed by atoms with Crippen molar-refractivity contribution in [1.29, 1.82) is 0 Å². The molecule has 0 radical (unpaired) electrons. The Morgan fingerprint density at radius 2 is 2.00 bits per heavy atom. The lowest BCUT2D eigenvalue weighted by Crippen LogP contribution is -2.46. The van der Waals surface area contributed by atoms with E-state index in [1.165, 1.54) is 6.07 Å².